The molecule has 0 amide bonds. The minimum Gasteiger partial charge on any atom is -0.258 e. The van der Waals surface area contributed by atoms with Crippen LogP contribution >= 0.6 is 11.3 Å². The molecule has 1 aromatic carbocycles. The van der Waals surface area contributed by atoms with Crippen LogP contribution in [0.5, 0.6) is 0 Å². The minimum atomic E-state index is -0.715. The van der Waals surface area contributed by atoms with Crippen LogP contribution in [-0.2, 0) is 0 Å². The maximum atomic E-state index is 10.8. The number of nitrogens with zero attached hydrogens (tertiary/aromatic N) is 4. The summed E-state index contributed by atoms with van der Waals surface area (Å²) in [5.74, 6) is 0. The third kappa shape index (κ3) is 3.01. The number of aryl methyl sites for hydroxylation is 1. The molecule has 1 aromatic heterocycles. The van der Waals surface area contributed by atoms with Crippen molar-refractivity contribution in [3.63, 3.8) is 0 Å². The van der Waals surface area contributed by atoms with Gasteiger partial charge in [0.2, 0.25) is 5.00 Å². The molecular weight excluding hydrogens is 284 g/mol. The lowest BCUT2D eigenvalue weighted by Gasteiger charge is -1.92. The smallest absolute Gasteiger partial charge is 0.258 e. The molecule has 0 aliphatic rings. The van der Waals surface area contributed by atoms with Crippen molar-refractivity contribution in [2.24, 2.45) is 10.2 Å². The number of thiophene rings is 1. The second-order valence-corrected chi connectivity index (χ2v) is 4.83. The minimum absolute atomic E-state index is 0.0951. The van der Waals surface area contributed by atoms with Gasteiger partial charge in [0.1, 0.15) is 6.07 Å². The molecule has 0 N–H and O–H groups in total. The lowest BCUT2D eigenvalue weighted by molar-refractivity contribution is -0.389. The predicted octanol–water partition coefficient (Wildman–Crippen LogP) is 4.29. The van der Waals surface area contributed by atoms with Crippen molar-refractivity contribution in [1.29, 1.82) is 0 Å². The molecule has 0 aliphatic heterocycles. The van der Waals surface area contributed by atoms with Crippen LogP contribution < -0.4 is 0 Å². The quantitative estimate of drug-likeness (QED) is 0.475. The predicted molar refractivity (Wildman–Crippen MR) is 73.0 cm³/mol. The largest absolute Gasteiger partial charge is 0.333 e. The van der Waals surface area contributed by atoms with Crippen molar-refractivity contribution in [3.05, 3.63) is 56.1 Å². The molecule has 8 nitrogen and oxygen atoms in total. The van der Waals surface area contributed by atoms with Crippen LogP contribution in [-0.4, -0.2) is 9.85 Å². The van der Waals surface area contributed by atoms with Gasteiger partial charge in [-0.2, -0.15) is 0 Å². The molecule has 0 bridgehead atoms. The van der Waals surface area contributed by atoms with Crippen LogP contribution in [0.15, 0.2) is 40.6 Å². The van der Waals surface area contributed by atoms with Gasteiger partial charge >= 0.3 is 10.7 Å². The van der Waals surface area contributed by atoms with E-state index in [1.807, 2.05) is 19.1 Å². The van der Waals surface area contributed by atoms with E-state index in [1.165, 1.54) is 0 Å². The van der Waals surface area contributed by atoms with Gasteiger partial charge in [-0.05, 0) is 30.4 Å². The second-order valence-electron chi connectivity index (χ2n) is 3.82. The van der Waals surface area contributed by atoms with Crippen molar-refractivity contribution >= 4 is 32.7 Å². The van der Waals surface area contributed by atoms with Gasteiger partial charge in [0.05, 0.1) is 15.5 Å². The fourth-order valence-electron chi connectivity index (χ4n) is 1.37. The van der Waals surface area contributed by atoms with E-state index in [9.17, 15) is 20.2 Å². The van der Waals surface area contributed by atoms with E-state index in [2.05, 4.69) is 10.2 Å². The van der Waals surface area contributed by atoms with Gasteiger partial charge in [-0.1, -0.05) is 17.7 Å². The molecule has 0 aliphatic carbocycles. The number of azo groups is 1. The van der Waals surface area contributed by atoms with Gasteiger partial charge in [-0.15, -0.1) is 10.2 Å². The number of benzene rings is 1. The van der Waals surface area contributed by atoms with Gasteiger partial charge < -0.3 is 0 Å². The fourth-order valence-corrected chi connectivity index (χ4v) is 2.13. The summed E-state index contributed by atoms with van der Waals surface area (Å²) in [6, 6.07) is 7.92. The summed E-state index contributed by atoms with van der Waals surface area (Å²) >= 11 is 0.617. The summed E-state index contributed by atoms with van der Waals surface area (Å²) in [4.78, 5) is 20.0. The third-order valence-corrected chi connectivity index (χ3v) is 3.31. The van der Waals surface area contributed by atoms with Gasteiger partial charge in [-0.3, -0.25) is 20.2 Å². The van der Waals surface area contributed by atoms with Gasteiger partial charge in [-0.25, -0.2) is 0 Å². The molecule has 0 unspecified atom stereocenters. The Balaban J connectivity index is 2.34. The van der Waals surface area contributed by atoms with Crippen LogP contribution in [0.3, 0.4) is 0 Å². The monoisotopic (exact) mass is 292 g/mol. The summed E-state index contributed by atoms with van der Waals surface area (Å²) < 4.78 is 0. The van der Waals surface area contributed by atoms with Crippen LogP contribution in [0.2, 0.25) is 0 Å². The Labute approximate surface area is 116 Å². The van der Waals surface area contributed by atoms with Crippen molar-refractivity contribution in [2.75, 3.05) is 0 Å². The fraction of sp³-hybridized carbons (Fsp3) is 0.0909. The van der Waals surface area contributed by atoms with Gasteiger partial charge in [0.15, 0.2) is 0 Å². The average molecular weight is 292 g/mol. The van der Waals surface area contributed by atoms with E-state index in [4.69, 9.17) is 0 Å². The normalized spacial score (nSPS) is 10.8. The first-order valence-corrected chi connectivity index (χ1v) is 6.20. The van der Waals surface area contributed by atoms with Gasteiger partial charge in [0, 0.05) is 0 Å². The molecule has 0 fully saturated rings. The van der Waals surface area contributed by atoms with E-state index >= 15 is 0 Å². The molecule has 2 aromatic rings. The third-order valence-electron chi connectivity index (χ3n) is 2.35. The molecule has 1 heterocycles. The molecule has 0 spiro atoms. The first-order valence-electron chi connectivity index (χ1n) is 5.38. The zero-order valence-corrected chi connectivity index (χ0v) is 11.0. The molecule has 0 saturated carbocycles. The van der Waals surface area contributed by atoms with Crippen molar-refractivity contribution in [2.45, 2.75) is 6.92 Å². The van der Waals surface area contributed by atoms with Gasteiger partial charge in [0.25, 0.3) is 0 Å². The molecule has 0 saturated heterocycles. The molecule has 2 rings (SSSR count). The summed E-state index contributed by atoms with van der Waals surface area (Å²) in [5.41, 5.74) is 1.14. The number of rotatable bonds is 4. The highest BCUT2D eigenvalue weighted by atomic mass is 32.1. The summed E-state index contributed by atoms with van der Waals surface area (Å²) in [5, 5.41) is 28.6. The van der Waals surface area contributed by atoms with Crippen molar-refractivity contribution in [1.82, 2.24) is 0 Å². The van der Waals surface area contributed by atoms with Crippen LogP contribution in [0.25, 0.3) is 0 Å². The lowest BCUT2D eigenvalue weighted by Crippen LogP contribution is -1.85. The highest BCUT2D eigenvalue weighted by molar-refractivity contribution is 7.19. The number of hydrogen-bond acceptors (Lipinski definition) is 7. The van der Waals surface area contributed by atoms with Crippen LogP contribution in [0.1, 0.15) is 5.56 Å². The lowest BCUT2D eigenvalue weighted by atomic mass is 10.2. The van der Waals surface area contributed by atoms with E-state index in [-0.39, 0.29) is 10.0 Å². The summed E-state index contributed by atoms with van der Waals surface area (Å²) in [6.45, 7) is 1.91. The first kappa shape index (κ1) is 13.7. The SMILES string of the molecule is Cc1ccc(N=Nc2sc([N+](=O)[O-])cc2[N+](=O)[O-])cc1. The van der Waals surface area contributed by atoms with Crippen molar-refractivity contribution < 1.29 is 9.85 Å². The number of hydrogen-bond donors (Lipinski definition) is 0. The Kier molecular flexibility index (Phi) is 3.80. The van der Waals surface area contributed by atoms with Crippen LogP contribution in [0.4, 0.5) is 21.4 Å². The molecular formula is C11H8N4O4S. The Morgan fingerprint density at radius 3 is 2.25 bits per heavy atom. The average Bonchev–Trinajstić information content (AvgIpc) is 2.82. The standard InChI is InChI=1S/C11H8N4O4S/c1-7-2-4-8(5-3-7)12-13-11-9(14(16)17)6-10(20-11)15(18)19/h2-6H,1H3. The summed E-state index contributed by atoms with van der Waals surface area (Å²) in [6.07, 6.45) is 0. The maximum absolute atomic E-state index is 10.8. The Morgan fingerprint density at radius 2 is 1.70 bits per heavy atom. The van der Waals surface area contributed by atoms with E-state index in [1.54, 1.807) is 12.1 Å². The summed E-state index contributed by atoms with van der Waals surface area (Å²) in [7, 11) is 0. The molecule has 0 atom stereocenters. The molecule has 102 valence electrons. The molecule has 0 radical (unpaired) electrons. The van der Waals surface area contributed by atoms with E-state index < -0.39 is 15.5 Å². The Bertz CT molecular complexity index is 693. The highest BCUT2D eigenvalue weighted by Crippen LogP contribution is 2.41. The Morgan fingerprint density at radius 1 is 1.05 bits per heavy atom. The molecule has 20 heavy (non-hydrogen) atoms. The van der Waals surface area contributed by atoms with E-state index in [0.717, 1.165) is 11.6 Å². The maximum Gasteiger partial charge on any atom is 0.333 e. The first-order chi connectivity index (χ1) is 9.47. The zero-order chi connectivity index (χ0) is 14.7. The number of nitro groups is 2. The second kappa shape index (κ2) is 5.53. The topological polar surface area (TPSA) is 111 Å². The zero-order valence-electron chi connectivity index (χ0n) is 10.2. The van der Waals surface area contributed by atoms with E-state index in [0.29, 0.717) is 17.0 Å². The Hall–Kier alpha value is -2.68. The molecule has 9 heteroatoms. The highest BCUT2D eigenvalue weighted by Gasteiger charge is 2.25. The van der Waals surface area contributed by atoms with Crippen molar-refractivity contribution in [3.8, 4) is 0 Å². The van der Waals surface area contributed by atoms with Crippen LogP contribution in [0, 0.1) is 27.2 Å².